The average molecular weight is 393 g/mol. The van der Waals surface area contributed by atoms with Crippen LogP contribution in [0.15, 0.2) is 54.6 Å². The Balaban J connectivity index is 1.37. The Morgan fingerprint density at radius 3 is 1.79 bits per heavy atom. The van der Waals surface area contributed by atoms with Gasteiger partial charge in [-0.1, -0.05) is 132 Å². The van der Waals surface area contributed by atoms with Crippen molar-refractivity contribution in [2.24, 2.45) is 0 Å². The first-order valence-corrected chi connectivity index (χ1v) is 12.5. The number of aryl methyl sites for hydroxylation is 1. The van der Waals surface area contributed by atoms with Crippen LogP contribution in [0.2, 0.25) is 0 Å². The molecule has 0 aliphatic carbocycles. The molecule has 0 heterocycles. The zero-order valence-corrected chi connectivity index (χ0v) is 19.0. The minimum atomic E-state index is 1.23. The summed E-state index contributed by atoms with van der Waals surface area (Å²) in [6.07, 6.45) is 26.8. The molecule has 0 aliphatic rings. The van der Waals surface area contributed by atoms with Gasteiger partial charge >= 0.3 is 0 Å². The van der Waals surface area contributed by atoms with Crippen LogP contribution in [0, 0.1) is 0 Å². The van der Waals surface area contributed by atoms with E-state index in [0.29, 0.717) is 0 Å². The number of hydrogen-bond donors (Lipinski definition) is 0. The van der Waals surface area contributed by atoms with Gasteiger partial charge in [-0.25, -0.2) is 0 Å². The fourth-order valence-electron chi connectivity index (χ4n) is 4.26. The first-order chi connectivity index (χ1) is 14.4. The van der Waals surface area contributed by atoms with E-state index < -0.39 is 0 Å². The van der Waals surface area contributed by atoms with Gasteiger partial charge in [-0.2, -0.15) is 0 Å². The molecule has 0 atom stereocenters. The van der Waals surface area contributed by atoms with E-state index in [0.717, 1.165) is 0 Å². The van der Waals surface area contributed by atoms with E-state index >= 15 is 0 Å². The van der Waals surface area contributed by atoms with Crippen molar-refractivity contribution in [1.29, 1.82) is 0 Å². The van der Waals surface area contributed by atoms with E-state index in [1.807, 2.05) is 0 Å². The Kier molecular flexibility index (Phi) is 13.3. The summed E-state index contributed by atoms with van der Waals surface area (Å²) in [5.41, 5.74) is 1.53. The lowest BCUT2D eigenvalue weighted by molar-refractivity contribution is 0.541. The summed E-state index contributed by atoms with van der Waals surface area (Å²) >= 11 is 0. The van der Waals surface area contributed by atoms with Gasteiger partial charge in [0, 0.05) is 0 Å². The average Bonchev–Trinajstić information content (AvgIpc) is 2.76. The molecule has 160 valence electrons. The van der Waals surface area contributed by atoms with E-state index in [2.05, 4.69) is 61.5 Å². The molecule has 0 fully saturated rings. The van der Waals surface area contributed by atoms with Crippen LogP contribution in [-0.4, -0.2) is 0 Å². The molecule has 29 heavy (non-hydrogen) atoms. The van der Waals surface area contributed by atoms with Gasteiger partial charge in [-0.05, 0) is 48.4 Å². The highest BCUT2D eigenvalue weighted by Gasteiger charge is 2.00. The molecule has 0 aliphatic heterocycles. The second-order valence-electron chi connectivity index (χ2n) is 8.68. The predicted molar refractivity (Wildman–Crippen MR) is 132 cm³/mol. The van der Waals surface area contributed by atoms with Crippen molar-refractivity contribution in [3.63, 3.8) is 0 Å². The van der Waals surface area contributed by atoms with Crippen LogP contribution in [0.4, 0.5) is 0 Å². The van der Waals surface area contributed by atoms with Crippen molar-refractivity contribution < 1.29 is 0 Å². The topological polar surface area (TPSA) is 0 Å². The summed E-state index contributed by atoms with van der Waals surface area (Å²) < 4.78 is 0. The van der Waals surface area contributed by atoms with Gasteiger partial charge in [0.2, 0.25) is 0 Å². The Bertz CT molecular complexity index is 661. The molecule has 0 saturated carbocycles. The molecule has 0 heteroatoms. The molecule has 2 aromatic carbocycles. The minimum Gasteiger partial charge on any atom is -0.0885 e. The first-order valence-electron chi connectivity index (χ1n) is 12.5. The summed E-state index contributed by atoms with van der Waals surface area (Å²) in [7, 11) is 0. The maximum atomic E-state index is 2.38. The maximum Gasteiger partial charge on any atom is -0.0152 e. The third-order valence-electron chi connectivity index (χ3n) is 6.07. The minimum absolute atomic E-state index is 1.23. The van der Waals surface area contributed by atoms with Crippen LogP contribution in [0.5, 0.6) is 0 Å². The Morgan fingerprint density at radius 2 is 1.10 bits per heavy atom. The molecule has 0 aromatic heterocycles. The molecule has 0 bridgehead atoms. The molecule has 0 amide bonds. The molecule has 0 radical (unpaired) electrons. The van der Waals surface area contributed by atoms with E-state index in [9.17, 15) is 0 Å². The van der Waals surface area contributed by atoms with Crippen LogP contribution in [-0.2, 0) is 6.42 Å². The number of fused-ring (bicyclic) bond motifs is 1. The van der Waals surface area contributed by atoms with Gasteiger partial charge in [0.15, 0.2) is 0 Å². The number of rotatable bonds is 17. The molecule has 0 spiro atoms. The van der Waals surface area contributed by atoms with Crippen molar-refractivity contribution in [2.45, 2.75) is 110 Å². The number of unbranched alkanes of at least 4 members (excludes halogenated alkanes) is 13. The molecule has 0 nitrogen and oxygen atoms in total. The van der Waals surface area contributed by atoms with Crippen molar-refractivity contribution in [1.82, 2.24) is 0 Å². The van der Waals surface area contributed by atoms with Crippen LogP contribution >= 0.6 is 0 Å². The highest BCUT2D eigenvalue weighted by Crippen LogP contribution is 2.21. The fraction of sp³-hybridized carbons (Fsp3) is 0.586. The lowest BCUT2D eigenvalue weighted by atomic mass is 9.99. The number of benzene rings is 2. The van der Waals surface area contributed by atoms with Crippen molar-refractivity contribution in [2.75, 3.05) is 0 Å². The van der Waals surface area contributed by atoms with Gasteiger partial charge in [-0.15, -0.1) is 0 Å². The largest absolute Gasteiger partial charge is 0.0885 e. The summed E-state index contributed by atoms with van der Waals surface area (Å²) in [5.74, 6) is 0. The molecule has 2 rings (SSSR count). The Labute approximate surface area is 180 Å². The van der Waals surface area contributed by atoms with Crippen LogP contribution < -0.4 is 0 Å². The quantitative estimate of drug-likeness (QED) is 0.185. The number of allylic oxidation sites excluding steroid dienone is 2. The predicted octanol–water partition coefficient (Wildman–Crippen LogP) is 9.81. The van der Waals surface area contributed by atoms with Gasteiger partial charge in [0.05, 0.1) is 0 Å². The molecular formula is C29H44. The summed E-state index contributed by atoms with van der Waals surface area (Å²) in [6, 6.07) is 15.6. The zero-order chi connectivity index (χ0) is 20.4. The first kappa shape index (κ1) is 23.7. The lowest BCUT2D eigenvalue weighted by Gasteiger charge is -2.07. The maximum absolute atomic E-state index is 2.38. The van der Waals surface area contributed by atoms with E-state index in [1.54, 1.807) is 0 Å². The molecule has 0 unspecified atom stereocenters. The Hall–Kier alpha value is -1.56. The van der Waals surface area contributed by atoms with Crippen molar-refractivity contribution >= 4 is 10.8 Å². The van der Waals surface area contributed by atoms with E-state index in [-0.39, 0.29) is 0 Å². The van der Waals surface area contributed by atoms with Gasteiger partial charge < -0.3 is 0 Å². The van der Waals surface area contributed by atoms with E-state index in [1.165, 1.54) is 119 Å². The highest BCUT2D eigenvalue weighted by atomic mass is 14.1. The number of hydrogen-bond acceptors (Lipinski definition) is 0. The second kappa shape index (κ2) is 16.3. The van der Waals surface area contributed by atoms with E-state index in [4.69, 9.17) is 0 Å². The molecular weight excluding hydrogens is 348 g/mol. The fourth-order valence-corrected chi connectivity index (χ4v) is 4.26. The van der Waals surface area contributed by atoms with Crippen molar-refractivity contribution in [3.8, 4) is 0 Å². The lowest BCUT2D eigenvalue weighted by Crippen LogP contribution is -1.88. The highest BCUT2D eigenvalue weighted by molar-refractivity contribution is 5.85. The third-order valence-corrected chi connectivity index (χ3v) is 6.07. The normalized spacial score (nSPS) is 11.6. The Morgan fingerprint density at radius 1 is 0.552 bits per heavy atom. The van der Waals surface area contributed by atoms with Gasteiger partial charge in [0.1, 0.15) is 0 Å². The molecule has 0 N–H and O–H groups in total. The van der Waals surface area contributed by atoms with Gasteiger partial charge in [-0.3, -0.25) is 0 Å². The van der Waals surface area contributed by atoms with Crippen molar-refractivity contribution in [3.05, 3.63) is 60.2 Å². The summed E-state index contributed by atoms with van der Waals surface area (Å²) in [5, 5.41) is 2.83. The standard InChI is InChI=1S/C29H44/c1-2-3-4-5-6-7-8-9-10-11-12-13-14-15-16-17-18-22-27-24-21-25-28-23-19-20-26-29(27)28/h4-5,19-21,23-26H,2-3,6-18,22H2,1H3/b5-4+. The molecule has 2 aromatic rings. The smallest absolute Gasteiger partial charge is 0.0152 e. The zero-order valence-electron chi connectivity index (χ0n) is 19.0. The second-order valence-corrected chi connectivity index (χ2v) is 8.68. The summed E-state index contributed by atoms with van der Waals surface area (Å²) in [4.78, 5) is 0. The summed E-state index contributed by atoms with van der Waals surface area (Å²) in [6.45, 7) is 2.25. The van der Waals surface area contributed by atoms with Crippen LogP contribution in [0.25, 0.3) is 10.8 Å². The SMILES string of the molecule is CCC/C=C/CCCCCCCCCCCCCCc1cccc2ccccc12. The third kappa shape index (κ3) is 10.7. The van der Waals surface area contributed by atoms with Gasteiger partial charge in [0.25, 0.3) is 0 Å². The monoisotopic (exact) mass is 392 g/mol. The molecule has 0 saturated heterocycles. The van der Waals surface area contributed by atoms with Crippen LogP contribution in [0.3, 0.4) is 0 Å². The van der Waals surface area contributed by atoms with Crippen LogP contribution in [0.1, 0.15) is 109 Å².